The highest BCUT2D eigenvalue weighted by Gasteiger charge is 2.08. The van der Waals surface area contributed by atoms with Gasteiger partial charge < -0.3 is 8.83 Å². The molecule has 0 N–H and O–H groups in total. The van der Waals surface area contributed by atoms with Crippen LogP contribution in [0, 0.1) is 6.92 Å². The minimum atomic E-state index is 0.678. The number of hydrogen-bond donors (Lipinski definition) is 0. The Morgan fingerprint density at radius 3 is 2.68 bits per heavy atom. The lowest BCUT2D eigenvalue weighted by molar-refractivity contribution is 0.561. The molecule has 0 saturated carbocycles. The number of aryl methyl sites for hydroxylation is 1. The lowest BCUT2D eigenvalue weighted by Crippen LogP contribution is -1.74. The first-order valence-corrected chi connectivity index (χ1v) is 6.16. The second-order valence-corrected chi connectivity index (χ2v) is 4.56. The third kappa shape index (κ3) is 1.63. The summed E-state index contributed by atoms with van der Waals surface area (Å²) in [6.45, 7) is 1.85. The average Bonchev–Trinajstić information content (AvgIpc) is 2.99. The fourth-order valence-corrected chi connectivity index (χ4v) is 2.32. The summed E-state index contributed by atoms with van der Waals surface area (Å²) in [5.41, 5.74) is 3.57. The minimum absolute atomic E-state index is 0.678. The number of aromatic nitrogens is 1. The van der Waals surface area contributed by atoms with Crippen molar-refractivity contribution in [2.24, 2.45) is 0 Å². The van der Waals surface area contributed by atoms with Crippen LogP contribution in [0.4, 0.5) is 0 Å². The van der Waals surface area contributed by atoms with Crippen molar-refractivity contribution >= 4 is 22.1 Å². The molecule has 0 aliphatic heterocycles. The van der Waals surface area contributed by atoms with Crippen LogP contribution in [0.15, 0.2) is 57.4 Å². The molecule has 0 aliphatic rings. The predicted octanol–water partition coefficient (Wildman–Crippen LogP) is 4.55. The summed E-state index contributed by atoms with van der Waals surface area (Å²) in [6, 6.07) is 15.9. The van der Waals surface area contributed by atoms with Crippen LogP contribution in [0.5, 0.6) is 0 Å². The molecule has 0 fully saturated rings. The molecule has 0 saturated heterocycles. The second kappa shape index (κ2) is 3.72. The van der Waals surface area contributed by atoms with E-state index in [-0.39, 0.29) is 0 Å². The number of fused-ring (bicyclic) bond motifs is 2. The molecule has 2 heterocycles. The maximum absolute atomic E-state index is 5.85. The Hall–Kier alpha value is -2.55. The van der Waals surface area contributed by atoms with Crippen LogP contribution < -0.4 is 0 Å². The molecule has 0 aliphatic carbocycles. The van der Waals surface area contributed by atoms with Crippen LogP contribution in [0.2, 0.25) is 0 Å². The van der Waals surface area contributed by atoms with Gasteiger partial charge in [0.2, 0.25) is 0 Å². The van der Waals surface area contributed by atoms with Crippen LogP contribution >= 0.6 is 0 Å². The van der Waals surface area contributed by atoms with Crippen LogP contribution in [0.3, 0.4) is 0 Å². The van der Waals surface area contributed by atoms with E-state index >= 15 is 0 Å². The molecule has 0 unspecified atom stereocenters. The number of nitrogens with zero attached hydrogens (tertiary/aromatic N) is 1. The van der Waals surface area contributed by atoms with Gasteiger partial charge in [0.25, 0.3) is 0 Å². The van der Waals surface area contributed by atoms with E-state index in [4.69, 9.17) is 8.83 Å². The van der Waals surface area contributed by atoms with Gasteiger partial charge in [-0.25, -0.2) is 4.98 Å². The van der Waals surface area contributed by atoms with Crippen molar-refractivity contribution in [2.45, 2.75) is 6.92 Å². The molecule has 19 heavy (non-hydrogen) atoms. The maximum atomic E-state index is 5.85. The van der Waals surface area contributed by atoms with E-state index in [2.05, 4.69) is 4.98 Å². The van der Waals surface area contributed by atoms with Crippen LogP contribution in [-0.2, 0) is 0 Å². The third-order valence-electron chi connectivity index (χ3n) is 3.20. The van der Waals surface area contributed by atoms with Gasteiger partial charge in [0.15, 0.2) is 11.5 Å². The first-order chi connectivity index (χ1) is 9.29. The van der Waals surface area contributed by atoms with E-state index in [9.17, 15) is 0 Å². The highest BCUT2D eigenvalue weighted by atomic mass is 16.3. The Labute approximate surface area is 109 Å². The van der Waals surface area contributed by atoms with Gasteiger partial charge in [0.05, 0.1) is 0 Å². The Morgan fingerprint density at radius 2 is 1.79 bits per heavy atom. The topological polar surface area (TPSA) is 39.2 Å². The highest BCUT2D eigenvalue weighted by molar-refractivity contribution is 5.85. The molecule has 92 valence electrons. The van der Waals surface area contributed by atoms with Crippen LogP contribution in [0.1, 0.15) is 5.89 Å². The molecular formula is C16H11NO2. The molecular weight excluding hydrogens is 238 g/mol. The second-order valence-electron chi connectivity index (χ2n) is 4.56. The Balaban J connectivity index is 1.92. The summed E-state index contributed by atoms with van der Waals surface area (Å²) in [5.74, 6) is 1.53. The molecule has 3 nitrogen and oxygen atoms in total. The van der Waals surface area contributed by atoms with E-state index in [0.29, 0.717) is 5.89 Å². The Kier molecular flexibility index (Phi) is 2.03. The fourth-order valence-electron chi connectivity index (χ4n) is 2.32. The summed E-state index contributed by atoms with van der Waals surface area (Å²) in [5, 5.41) is 1.11. The van der Waals surface area contributed by atoms with E-state index < -0.39 is 0 Å². The van der Waals surface area contributed by atoms with Crippen molar-refractivity contribution < 1.29 is 8.83 Å². The number of furan rings is 1. The third-order valence-corrected chi connectivity index (χ3v) is 3.20. The summed E-state index contributed by atoms with van der Waals surface area (Å²) < 4.78 is 11.3. The van der Waals surface area contributed by atoms with E-state index in [1.807, 2.05) is 55.5 Å². The SMILES string of the molecule is Cc1nc2cc(-c3cc4ccccc4o3)ccc2o1. The number of para-hydroxylation sites is 1. The summed E-state index contributed by atoms with van der Waals surface area (Å²) in [7, 11) is 0. The van der Waals surface area contributed by atoms with Crippen molar-refractivity contribution in [1.82, 2.24) is 4.98 Å². The number of benzene rings is 2. The van der Waals surface area contributed by atoms with Gasteiger partial charge in [-0.05, 0) is 30.3 Å². The first kappa shape index (κ1) is 10.4. The lowest BCUT2D eigenvalue weighted by Gasteiger charge is -1.95. The van der Waals surface area contributed by atoms with Crippen LogP contribution in [-0.4, -0.2) is 4.98 Å². The standard InChI is InChI=1S/C16H11NO2/c1-10-17-13-8-12(6-7-15(13)18-10)16-9-11-4-2-3-5-14(11)19-16/h2-9H,1H3. The highest BCUT2D eigenvalue weighted by Crippen LogP contribution is 2.29. The van der Waals surface area contributed by atoms with Gasteiger partial charge >= 0.3 is 0 Å². The average molecular weight is 249 g/mol. The molecule has 3 heteroatoms. The zero-order chi connectivity index (χ0) is 12.8. The number of hydrogen-bond acceptors (Lipinski definition) is 3. The van der Waals surface area contributed by atoms with E-state index in [0.717, 1.165) is 33.4 Å². The molecule has 0 bridgehead atoms. The van der Waals surface area contributed by atoms with Crippen molar-refractivity contribution in [1.29, 1.82) is 0 Å². The van der Waals surface area contributed by atoms with Gasteiger partial charge in [-0.1, -0.05) is 18.2 Å². The molecule has 2 aromatic carbocycles. The van der Waals surface area contributed by atoms with Gasteiger partial charge in [0.1, 0.15) is 16.9 Å². The normalized spacial score (nSPS) is 11.4. The van der Waals surface area contributed by atoms with Crippen molar-refractivity contribution in [3.8, 4) is 11.3 Å². The zero-order valence-corrected chi connectivity index (χ0v) is 10.4. The van der Waals surface area contributed by atoms with Gasteiger partial charge in [-0.15, -0.1) is 0 Å². The summed E-state index contributed by atoms with van der Waals surface area (Å²) in [4.78, 5) is 4.34. The molecule has 4 aromatic rings. The predicted molar refractivity (Wildman–Crippen MR) is 74.0 cm³/mol. The Bertz CT molecular complexity index is 853. The summed E-state index contributed by atoms with van der Waals surface area (Å²) >= 11 is 0. The molecule has 0 spiro atoms. The molecule has 2 aromatic heterocycles. The molecule has 4 rings (SSSR count). The molecule has 0 amide bonds. The smallest absolute Gasteiger partial charge is 0.192 e. The van der Waals surface area contributed by atoms with Crippen LogP contribution in [0.25, 0.3) is 33.4 Å². The van der Waals surface area contributed by atoms with E-state index in [1.54, 1.807) is 0 Å². The van der Waals surface area contributed by atoms with Gasteiger partial charge in [-0.3, -0.25) is 0 Å². The fraction of sp³-hybridized carbons (Fsp3) is 0.0625. The first-order valence-electron chi connectivity index (χ1n) is 6.16. The maximum Gasteiger partial charge on any atom is 0.192 e. The molecule has 0 atom stereocenters. The van der Waals surface area contributed by atoms with Crippen molar-refractivity contribution in [2.75, 3.05) is 0 Å². The molecule has 0 radical (unpaired) electrons. The van der Waals surface area contributed by atoms with Crippen molar-refractivity contribution in [3.05, 3.63) is 54.4 Å². The monoisotopic (exact) mass is 249 g/mol. The van der Waals surface area contributed by atoms with Crippen molar-refractivity contribution in [3.63, 3.8) is 0 Å². The van der Waals surface area contributed by atoms with E-state index in [1.165, 1.54) is 0 Å². The van der Waals surface area contributed by atoms with Gasteiger partial charge in [-0.2, -0.15) is 0 Å². The lowest BCUT2D eigenvalue weighted by atomic mass is 10.1. The zero-order valence-electron chi connectivity index (χ0n) is 10.4. The Morgan fingerprint density at radius 1 is 0.895 bits per heavy atom. The minimum Gasteiger partial charge on any atom is -0.456 e. The number of oxazole rings is 1. The number of rotatable bonds is 1. The quantitative estimate of drug-likeness (QED) is 0.496. The van der Waals surface area contributed by atoms with Gasteiger partial charge in [0, 0.05) is 17.9 Å². The largest absolute Gasteiger partial charge is 0.456 e. The summed E-state index contributed by atoms with van der Waals surface area (Å²) in [6.07, 6.45) is 0.